The van der Waals surface area contributed by atoms with Gasteiger partial charge in [-0.3, -0.25) is 4.98 Å². The molecule has 1 aromatic heterocycles. The minimum Gasteiger partial charge on any atom is -0.395 e. The van der Waals surface area contributed by atoms with Crippen molar-refractivity contribution in [2.75, 3.05) is 6.61 Å². The minimum absolute atomic E-state index is 0.141. The fourth-order valence-electron chi connectivity index (χ4n) is 1.15. The Balaban J connectivity index is 2.57. The zero-order valence-corrected chi connectivity index (χ0v) is 11.7. The zero-order valence-electron chi connectivity index (χ0n) is 8.50. The maximum Gasteiger partial charge on any atom is 0.0684 e. The Morgan fingerprint density at radius 1 is 1.53 bits per heavy atom. The van der Waals surface area contributed by atoms with Crippen LogP contribution in [-0.4, -0.2) is 22.7 Å². The number of hydrogen-bond acceptors (Lipinski definition) is 3. The van der Waals surface area contributed by atoms with Gasteiger partial charge in [-0.15, -0.1) is 0 Å². The van der Waals surface area contributed by atoms with Crippen LogP contribution in [0.25, 0.3) is 0 Å². The summed E-state index contributed by atoms with van der Waals surface area (Å²) in [5.41, 5.74) is 0.949. The van der Waals surface area contributed by atoms with Gasteiger partial charge < -0.3 is 10.4 Å². The monoisotopic (exact) mass is 336 g/mol. The summed E-state index contributed by atoms with van der Waals surface area (Å²) in [5, 5.41) is 12.3. The Hall–Kier alpha value is 0.0300. The number of halogens is 2. The molecule has 0 bridgehead atoms. The molecule has 0 aliphatic carbocycles. The summed E-state index contributed by atoms with van der Waals surface area (Å²) in [5.74, 6) is 0. The van der Waals surface area contributed by atoms with Crippen LogP contribution in [0.5, 0.6) is 0 Å². The van der Waals surface area contributed by atoms with Crippen LogP contribution >= 0.6 is 31.9 Å². The normalized spacial score (nSPS) is 12.8. The summed E-state index contributed by atoms with van der Waals surface area (Å²) >= 11 is 6.80. The number of aliphatic hydroxyl groups is 1. The molecule has 0 aromatic carbocycles. The van der Waals surface area contributed by atoms with E-state index in [9.17, 15) is 0 Å². The van der Waals surface area contributed by atoms with E-state index in [0.717, 1.165) is 21.1 Å². The van der Waals surface area contributed by atoms with Gasteiger partial charge in [-0.05, 0) is 44.3 Å². The van der Waals surface area contributed by atoms with Crippen molar-refractivity contribution in [3.63, 3.8) is 0 Å². The third kappa shape index (κ3) is 4.18. The molecule has 3 nitrogen and oxygen atoms in total. The molecule has 0 fully saturated rings. The lowest BCUT2D eigenvalue weighted by Crippen LogP contribution is -2.31. The van der Waals surface area contributed by atoms with Gasteiger partial charge in [0.2, 0.25) is 0 Å². The fourth-order valence-corrected chi connectivity index (χ4v) is 2.28. The highest BCUT2D eigenvalue weighted by Crippen LogP contribution is 2.19. The van der Waals surface area contributed by atoms with Gasteiger partial charge in [0, 0.05) is 27.7 Å². The second-order valence-corrected chi connectivity index (χ2v) is 5.02. The standard InChI is InChI=1S/C10H14Br2N2O/c1-2-8(6-15)13-5-10-9(12)3-7(11)4-14-10/h3-4,8,13,15H,2,5-6H2,1H3/t8-/m0/s1. The van der Waals surface area contributed by atoms with Gasteiger partial charge in [0.15, 0.2) is 0 Å². The number of rotatable bonds is 5. The van der Waals surface area contributed by atoms with E-state index >= 15 is 0 Å². The Bertz CT molecular complexity index is 316. The molecule has 5 heteroatoms. The van der Waals surface area contributed by atoms with Crippen LogP contribution in [0.2, 0.25) is 0 Å². The predicted octanol–water partition coefficient (Wildman–Crippen LogP) is 2.47. The number of pyridine rings is 1. The van der Waals surface area contributed by atoms with E-state index in [1.165, 1.54) is 0 Å². The first-order chi connectivity index (χ1) is 7.17. The molecule has 2 N–H and O–H groups in total. The van der Waals surface area contributed by atoms with E-state index in [1.54, 1.807) is 6.20 Å². The highest BCUT2D eigenvalue weighted by atomic mass is 79.9. The second-order valence-electron chi connectivity index (χ2n) is 3.25. The van der Waals surface area contributed by atoms with E-state index in [2.05, 4.69) is 42.2 Å². The van der Waals surface area contributed by atoms with Gasteiger partial charge in [0.25, 0.3) is 0 Å². The van der Waals surface area contributed by atoms with Crippen LogP contribution in [0.4, 0.5) is 0 Å². The third-order valence-corrected chi connectivity index (χ3v) is 3.28. The SMILES string of the molecule is CC[C@@H](CO)NCc1ncc(Br)cc1Br. The zero-order chi connectivity index (χ0) is 11.3. The largest absolute Gasteiger partial charge is 0.395 e. The van der Waals surface area contributed by atoms with E-state index in [1.807, 2.05) is 13.0 Å². The number of aromatic nitrogens is 1. The molecule has 0 aliphatic heterocycles. The Labute approximate surface area is 107 Å². The Morgan fingerprint density at radius 3 is 2.80 bits per heavy atom. The molecule has 0 unspecified atom stereocenters. The van der Waals surface area contributed by atoms with Crippen molar-refractivity contribution < 1.29 is 5.11 Å². The van der Waals surface area contributed by atoms with Crippen LogP contribution in [0.3, 0.4) is 0 Å². The number of aliphatic hydroxyl groups excluding tert-OH is 1. The lowest BCUT2D eigenvalue weighted by atomic mass is 10.2. The highest BCUT2D eigenvalue weighted by molar-refractivity contribution is 9.11. The maximum absolute atomic E-state index is 9.02. The molecule has 1 atom stereocenters. The van der Waals surface area contributed by atoms with Crippen molar-refractivity contribution in [2.24, 2.45) is 0 Å². The lowest BCUT2D eigenvalue weighted by molar-refractivity contribution is 0.238. The molecule has 0 saturated carbocycles. The van der Waals surface area contributed by atoms with E-state index < -0.39 is 0 Å². The van der Waals surface area contributed by atoms with Crippen LogP contribution in [0.1, 0.15) is 19.0 Å². The average Bonchev–Trinajstić information content (AvgIpc) is 2.22. The average molecular weight is 338 g/mol. The summed E-state index contributed by atoms with van der Waals surface area (Å²) in [7, 11) is 0. The van der Waals surface area contributed by atoms with Crippen LogP contribution < -0.4 is 5.32 Å². The summed E-state index contributed by atoms with van der Waals surface area (Å²) in [6, 6.07) is 2.10. The van der Waals surface area contributed by atoms with Gasteiger partial charge in [-0.1, -0.05) is 6.92 Å². The molecular weight excluding hydrogens is 324 g/mol. The van der Waals surface area contributed by atoms with Crippen molar-refractivity contribution in [2.45, 2.75) is 25.9 Å². The van der Waals surface area contributed by atoms with Crippen LogP contribution in [0.15, 0.2) is 21.2 Å². The number of nitrogens with zero attached hydrogens (tertiary/aromatic N) is 1. The molecular formula is C10H14Br2N2O. The fraction of sp³-hybridized carbons (Fsp3) is 0.500. The Kier molecular flexibility index (Phi) is 5.74. The van der Waals surface area contributed by atoms with Crippen molar-refractivity contribution >= 4 is 31.9 Å². The van der Waals surface area contributed by atoms with Gasteiger partial charge in [-0.2, -0.15) is 0 Å². The summed E-state index contributed by atoms with van der Waals surface area (Å²) < 4.78 is 1.92. The second kappa shape index (κ2) is 6.58. The summed E-state index contributed by atoms with van der Waals surface area (Å²) in [6.45, 7) is 2.86. The number of nitrogens with one attached hydrogen (secondary N) is 1. The van der Waals surface area contributed by atoms with Gasteiger partial charge >= 0.3 is 0 Å². The topological polar surface area (TPSA) is 45.1 Å². The van der Waals surface area contributed by atoms with E-state index in [-0.39, 0.29) is 12.6 Å². The van der Waals surface area contributed by atoms with Crippen molar-refractivity contribution in [3.8, 4) is 0 Å². The first kappa shape index (κ1) is 13.1. The minimum atomic E-state index is 0.141. The molecule has 1 aromatic rings. The predicted molar refractivity (Wildman–Crippen MR) is 67.6 cm³/mol. The number of hydrogen-bond donors (Lipinski definition) is 2. The Morgan fingerprint density at radius 2 is 2.27 bits per heavy atom. The molecule has 0 radical (unpaired) electrons. The molecule has 0 amide bonds. The van der Waals surface area contributed by atoms with Crippen LogP contribution in [0, 0.1) is 0 Å². The highest BCUT2D eigenvalue weighted by Gasteiger charge is 2.06. The molecule has 0 spiro atoms. The molecule has 0 saturated heterocycles. The van der Waals surface area contributed by atoms with E-state index in [0.29, 0.717) is 6.54 Å². The smallest absolute Gasteiger partial charge is 0.0684 e. The van der Waals surface area contributed by atoms with Crippen molar-refractivity contribution in [1.82, 2.24) is 10.3 Å². The summed E-state index contributed by atoms with van der Waals surface area (Å²) in [4.78, 5) is 4.28. The molecule has 1 heterocycles. The van der Waals surface area contributed by atoms with Crippen molar-refractivity contribution in [1.29, 1.82) is 0 Å². The maximum atomic E-state index is 9.02. The molecule has 15 heavy (non-hydrogen) atoms. The van der Waals surface area contributed by atoms with Crippen molar-refractivity contribution in [3.05, 3.63) is 26.9 Å². The van der Waals surface area contributed by atoms with E-state index in [4.69, 9.17) is 5.11 Å². The summed E-state index contributed by atoms with van der Waals surface area (Å²) in [6.07, 6.45) is 2.67. The van der Waals surface area contributed by atoms with Crippen LogP contribution in [-0.2, 0) is 6.54 Å². The lowest BCUT2D eigenvalue weighted by Gasteiger charge is -2.14. The van der Waals surface area contributed by atoms with Gasteiger partial charge in [-0.25, -0.2) is 0 Å². The van der Waals surface area contributed by atoms with Gasteiger partial charge in [0.1, 0.15) is 0 Å². The molecule has 0 aliphatic rings. The molecule has 84 valence electrons. The quantitative estimate of drug-likeness (QED) is 0.867. The first-order valence-corrected chi connectivity index (χ1v) is 6.40. The third-order valence-electron chi connectivity index (χ3n) is 2.16. The molecule has 1 rings (SSSR count). The van der Waals surface area contributed by atoms with Gasteiger partial charge in [0.05, 0.1) is 12.3 Å². The first-order valence-electron chi connectivity index (χ1n) is 4.81.